The van der Waals surface area contributed by atoms with Crippen LogP contribution in [-0.2, 0) is 9.59 Å². The molecule has 0 spiro atoms. The van der Waals surface area contributed by atoms with Crippen LogP contribution < -0.4 is 0 Å². The molecule has 2 amide bonds. The Morgan fingerprint density at radius 2 is 1.57 bits per heavy atom. The molecule has 1 aliphatic heterocycles. The van der Waals surface area contributed by atoms with Gasteiger partial charge in [-0.2, -0.15) is 0 Å². The number of hydrogen-bond acceptors (Lipinski definition) is 3. The average Bonchev–Trinajstić information content (AvgIpc) is 2.31. The number of amides is 2. The molecule has 0 aromatic carbocycles. The van der Waals surface area contributed by atoms with E-state index in [2.05, 4.69) is 0 Å². The van der Waals surface area contributed by atoms with Gasteiger partial charge in [0.05, 0.1) is 12.1 Å². The minimum Gasteiger partial charge on any atom is -0.394 e. The molecule has 1 heterocycles. The summed E-state index contributed by atoms with van der Waals surface area (Å²) in [6, 6.07) is 0. The Balaban J connectivity index is 3.02. The van der Waals surface area contributed by atoms with Crippen LogP contribution in [0.25, 0.3) is 0 Å². The number of nitrogens with zero attached hydrogens (tertiary/aromatic N) is 1. The van der Waals surface area contributed by atoms with Gasteiger partial charge in [0.1, 0.15) is 0 Å². The monoisotopic (exact) mass is 199 g/mol. The molecular weight excluding hydrogens is 182 g/mol. The van der Waals surface area contributed by atoms with Crippen molar-refractivity contribution in [3.05, 3.63) is 0 Å². The lowest BCUT2D eigenvalue weighted by atomic mass is 10.00. The average molecular weight is 199 g/mol. The van der Waals surface area contributed by atoms with Crippen LogP contribution in [0.3, 0.4) is 0 Å². The van der Waals surface area contributed by atoms with E-state index in [1.54, 1.807) is 27.7 Å². The van der Waals surface area contributed by atoms with Crippen LogP contribution >= 0.6 is 0 Å². The Morgan fingerprint density at radius 3 is 1.86 bits per heavy atom. The van der Waals surface area contributed by atoms with E-state index in [0.29, 0.717) is 0 Å². The first-order valence-electron chi connectivity index (χ1n) is 4.81. The van der Waals surface area contributed by atoms with E-state index < -0.39 is 5.54 Å². The number of rotatable bonds is 2. The number of likely N-dealkylation sites (tertiary alicyclic amines) is 1. The van der Waals surface area contributed by atoms with Gasteiger partial charge in [-0.1, -0.05) is 13.8 Å². The summed E-state index contributed by atoms with van der Waals surface area (Å²) in [5.74, 6) is -0.898. The van der Waals surface area contributed by atoms with Crippen molar-refractivity contribution in [2.45, 2.75) is 33.2 Å². The van der Waals surface area contributed by atoms with Gasteiger partial charge in [-0.15, -0.1) is 0 Å². The quantitative estimate of drug-likeness (QED) is 0.655. The van der Waals surface area contributed by atoms with Crippen molar-refractivity contribution in [2.24, 2.45) is 11.8 Å². The van der Waals surface area contributed by atoms with E-state index in [1.807, 2.05) is 0 Å². The van der Waals surface area contributed by atoms with Gasteiger partial charge in [0, 0.05) is 11.8 Å². The zero-order chi connectivity index (χ0) is 11.1. The van der Waals surface area contributed by atoms with Crippen molar-refractivity contribution in [3.8, 4) is 0 Å². The summed E-state index contributed by atoms with van der Waals surface area (Å²) in [6.07, 6.45) is 0. The maximum atomic E-state index is 11.7. The minimum absolute atomic E-state index is 0.179. The zero-order valence-electron chi connectivity index (χ0n) is 9.07. The summed E-state index contributed by atoms with van der Waals surface area (Å²) >= 11 is 0. The molecule has 0 aromatic heterocycles. The van der Waals surface area contributed by atoms with Crippen molar-refractivity contribution in [2.75, 3.05) is 6.61 Å². The summed E-state index contributed by atoms with van der Waals surface area (Å²) in [7, 11) is 0. The Bertz CT molecular complexity index is 253. The lowest BCUT2D eigenvalue weighted by Gasteiger charge is -2.32. The minimum atomic E-state index is -0.785. The lowest BCUT2D eigenvalue weighted by molar-refractivity contribution is -0.147. The molecule has 14 heavy (non-hydrogen) atoms. The number of carbonyl (C=O) groups excluding carboxylic acids is 2. The normalized spacial score (nSPS) is 28.8. The van der Waals surface area contributed by atoms with Crippen LogP contribution in [0.15, 0.2) is 0 Å². The van der Waals surface area contributed by atoms with Crippen LogP contribution in [0.4, 0.5) is 0 Å². The highest BCUT2D eigenvalue weighted by molar-refractivity contribution is 6.05. The molecule has 4 nitrogen and oxygen atoms in total. The summed E-state index contributed by atoms with van der Waals surface area (Å²) in [5.41, 5.74) is -0.785. The first kappa shape index (κ1) is 11.2. The molecule has 1 saturated heterocycles. The molecule has 0 bridgehead atoms. The van der Waals surface area contributed by atoms with Gasteiger partial charge in [0.15, 0.2) is 0 Å². The topological polar surface area (TPSA) is 57.6 Å². The fourth-order valence-corrected chi connectivity index (χ4v) is 1.61. The molecule has 0 saturated carbocycles. The highest BCUT2D eigenvalue weighted by Gasteiger charge is 2.48. The van der Waals surface area contributed by atoms with Crippen molar-refractivity contribution < 1.29 is 14.7 Å². The van der Waals surface area contributed by atoms with E-state index in [1.165, 1.54) is 4.90 Å². The van der Waals surface area contributed by atoms with Crippen molar-refractivity contribution in [3.63, 3.8) is 0 Å². The number of imide groups is 1. The number of carbonyl (C=O) groups is 2. The van der Waals surface area contributed by atoms with Crippen molar-refractivity contribution >= 4 is 11.8 Å². The molecule has 1 aliphatic rings. The zero-order valence-corrected chi connectivity index (χ0v) is 9.07. The van der Waals surface area contributed by atoms with Crippen LogP contribution in [-0.4, -0.2) is 34.0 Å². The highest BCUT2D eigenvalue weighted by Crippen LogP contribution is 2.31. The summed E-state index contributed by atoms with van der Waals surface area (Å²) in [6.45, 7) is 6.67. The van der Waals surface area contributed by atoms with Gasteiger partial charge in [-0.3, -0.25) is 14.5 Å². The third-order valence-electron chi connectivity index (χ3n) is 2.96. The fourth-order valence-electron chi connectivity index (χ4n) is 1.61. The Kier molecular flexibility index (Phi) is 2.67. The van der Waals surface area contributed by atoms with E-state index in [4.69, 9.17) is 5.11 Å². The second-order valence-electron chi connectivity index (χ2n) is 4.56. The second kappa shape index (κ2) is 3.35. The molecular formula is C10H17NO3. The lowest BCUT2D eigenvalue weighted by Crippen LogP contribution is -2.50. The Hall–Kier alpha value is -0.900. The second-order valence-corrected chi connectivity index (χ2v) is 4.56. The maximum absolute atomic E-state index is 11.7. The van der Waals surface area contributed by atoms with Gasteiger partial charge < -0.3 is 5.11 Å². The predicted octanol–water partition coefficient (Wildman–Crippen LogP) is 0.398. The molecule has 1 rings (SSSR count). The van der Waals surface area contributed by atoms with Gasteiger partial charge in [0.25, 0.3) is 0 Å². The van der Waals surface area contributed by atoms with Crippen LogP contribution in [0.2, 0.25) is 0 Å². The Morgan fingerprint density at radius 1 is 1.21 bits per heavy atom. The maximum Gasteiger partial charge on any atom is 0.233 e. The van der Waals surface area contributed by atoms with E-state index >= 15 is 0 Å². The third-order valence-corrected chi connectivity index (χ3v) is 2.96. The number of hydrogen-bond donors (Lipinski definition) is 1. The number of aliphatic hydroxyl groups is 1. The van der Waals surface area contributed by atoms with Crippen molar-refractivity contribution in [1.82, 2.24) is 4.90 Å². The standard InChI is InChI=1S/C10H17NO3/c1-6-7(2)9(14)11(8(6)13)10(3,4)5-12/h6-7,12H,5H2,1-4H3. The molecule has 0 aromatic rings. The molecule has 80 valence electrons. The molecule has 0 radical (unpaired) electrons. The third kappa shape index (κ3) is 1.43. The molecule has 2 unspecified atom stereocenters. The Labute approximate surface area is 83.9 Å². The summed E-state index contributed by atoms with van der Waals surface area (Å²) in [4.78, 5) is 24.6. The van der Waals surface area contributed by atoms with Gasteiger partial charge in [-0.05, 0) is 13.8 Å². The molecule has 1 N–H and O–H groups in total. The smallest absolute Gasteiger partial charge is 0.233 e. The summed E-state index contributed by atoms with van der Waals surface area (Å²) < 4.78 is 0. The molecule has 2 atom stereocenters. The predicted molar refractivity (Wildman–Crippen MR) is 51.3 cm³/mol. The van der Waals surface area contributed by atoms with E-state index in [-0.39, 0.29) is 30.3 Å². The largest absolute Gasteiger partial charge is 0.394 e. The molecule has 4 heteroatoms. The van der Waals surface area contributed by atoms with Gasteiger partial charge in [-0.25, -0.2) is 0 Å². The molecule has 1 fully saturated rings. The first-order chi connectivity index (χ1) is 6.33. The van der Waals surface area contributed by atoms with Crippen LogP contribution in [0, 0.1) is 11.8 Å². The SMILES string of the molecule is CC1C(=O)N(C(C)(C)CO)C(=O)C1C. The van der Waals surface area contributed by atoms with E-state index in [0.717, 1.165) is 0 Å². The van der Waals surface area contributed by atoms with Crippen LogP contribution in [0.5, 0.6) is 0 Å². The van der Waals surface area contributed by atoms with Gasteiger partial charge >= 0.3 is 0 Å². The fraction of sp³-hybridized carbons (Fsp3) is 0.800. The highest BCUT2D eigenvalue weighted by atomic mass is 16.3. The first-order valence-corrected chi connectivity index (χ1v) is 4.81. The summed E-state index contributed by atoms with van der Waals surface area (Å²) in [5, 5.41) is 9.12. The van der Waals surface area contributed by atoms with Crippen molar-refractivity contribution in [1.29, 1.82) is 0 Å². The van der Waals surface area contributed by atoms with E-state index in [9.17, 15) is 9.59 Å². The number of aliphatic hydroxyl groups excluding tert-OH is 1. The van der Waals surface area contributed by atoms with Gasteiger partial charge in [0.2, 0.25) is 11.8 Å². The molecule has 0 aliphatic carbocycles. The van der Waals surface area contributed by atoms with Crippen LogP contribution in [0.1, 0.15) is 27.7 Å².